The number of amides is 1. The average Bonchev–Trinajstić information content (AvgIpc) is 2.20. The summed E-state index contributed by atoms with van der Waals surface area (Å²) >= 11 is 0. The smallest absolute Gasteiger partial charge is 0.220 e. The van der Waals surface area contributed by atoms with Crippen LogP contribution in [-0.2, 0) is 19.6 Å². The number of rotatable bonds is 8. The Kier molecular flexibility index (Phi) is 6.04. The summed E-state index contributed by atoms with van der Waals surface area (Å²) in [5.41, 5.74) is 0. The summed E-state index contributed by atoms with van der Waals surface area (Å²) in [6.45, 7) is 3.04. The summed E-state index contributed by atoms with van der Waals surface area (Å²) in [5, 5.41) is 7.55. The molecule has 0 bridgehead atoms. The number of nitrogens with two attached hydrogens (primary N) is 1. The van der Waals surface area contributed by atoms with Crippen molar-refractivity contribution < 1.29 is 17.9 Å². The highest BCUT2D eigenvalue weighted by Gasteiger charge is 2.30. The van der Waals surface area contributed by atoms with Gasteiger partial charge in [0.25, 0.3) is 0 Å². The molecule has 3 N–H and O–H groups in total. The van der Waals surface area contributed by atoms with Crippen molar-refractivity contribution in [1.29, 1.82) is 0 Å². The zero-order valence-electron chi connectivity index (χ0n) is 10.7. The number of carbonyl (C=O) groups is 1. The van der Waals surface area contributed by atoms with Crippen molar-refractivity contribution >= 4 is 15.9 Å². The van der Waals surface area contributed by atoms with Crippen LogP contribution in [0.15, 0.2) is 0 Å². The molecule has 0 atom stereocenters. The molecule has 0 aromatic carbocycles. The van der Waals surface area contributed by atoms with Gasteiger partial charge >= 0.3 is 0 Å². The van der Waals surface area contributed by atoms with Crippen LogP contribution in [0.5, 0.6) is 0 Å². The summed E-state index contributed by atoms with van der Waals surface area (Å²) in [4.78, 5) is 11.5. The van der Waals surface area contributed by atoms with Crippen LogP contribution < -0.4 is 10.5 Å². The number of sulfonamides is 1. The maximum atomic E-state index is 11.5. The van der Waals surface area contributed by atoms with Crippen molar-refractivity contribution in [2.45, 2.75) is 38.7 Å². The molecule has 1 rings (SSSR count). The molecule has 1 aliphatic carbocycles. The number of ether oxygens (including phenoxy) is 1. The molecule has 0 unspecified atom stereocenters. The maximum absolute atomic E-state index is 11.5. The van der Waals surface area contributed by atoms with E-state index >= 15 is 0 Å². The van der Waals surface area contributed by atoms with E-state index in [-0.39, 0.29) is 11.7 Å². The van der Waals surface area contributed by atoms with Crippen LogP contribution in [0.2, 0.25) is 0 Å². The van der Waals surface area contributed by atoms with Crippen molar-refractivity contribution in [3.63, 3.8) is 0 Å². The fraction of sp³-hybridized carbons (Fsp3) is 0.909. The van der Waals surface area contributed by atoms with Crippen molar-refractivity contribution in [1.82, 2.24) is 5.32 Å². The minimum Gasteiger partial charge on any atom is -0.378 e. The first-order valence-corrected chi connectivity index (χ1v) is 8.01. The number of hydrogen-bond donors (Lipinski definition) is 2. The highest BCUT2D eigenvalue weighted by atomic mass is 32.2. The SMILES string of the molecule is CCOC1CC(CC(=O)NCCCS(N)(=O)=O)C1. The van der Waals surface area contributed by atoms with Crippen LogP contribution in [0.25, 0.3) is 0 Å². The Bertz CT molecular complexity index is 363. The van der Waals surface area contributed by atoms with Crippen molar-refractivity contribution in [3.05, 3.63) is 0 Å². The van der Waals surface area contributed by atoms with Gasteiger partial charge in [-0.05, 0) is 32.1 Å². The number of primary sulfonamides is 1. The fourth-order valence-electron chi connectivity index (χ4n) is 2.05. The molecule has 106 valence electrons. The molecule has 0 aromatic heterocycles. The third-order valence-electron chi connectivity index (χ3n) is 3.00. The lowest BCUT2D eigenvalue weighted by atomic mass is 9.80. The molecule has 1 amide bonds. The first kappa shape index (κ1) is 15.4. The van der Waals surface area contributed by atoms with Gasteiger partial charge in [0.15, 0.2) is 0 Å². The highest BCUT2D eigenvalue weighted by Crippen LogP contribution is 2.32. The van der Waals surface area contributed by atoms with E-state index in [0.29, 0.717) is 31.4 Å². The van der Waals surface area contributed by atoms with Gasteiger partial charge in [0.05, 0.1) is 11.9 Å². The third-order valence-corrected chi connectivity index (χ3v) is 3.85. The van der Waals surface area contributed by atoms with Crippen LogP contribution in [0.1, 0.15) is 32.6 Å². The van der Waals surface area contributed by atoms with E-state index in [1.807, 2.05) is 6.92 Å². The molecule has 0 aliphatic heterocycles. The van der Waals surface area contributed by atoms with Crippen molar-refractivity contribution in [3.8, 4) is 0 Å². The van der Waals surface area contributed by atoms with Gasteiger partial charge in [0.2, 0.25) is 15.9 Å². The molecule has 1 saturated carbocycles. The number of carbonyl (C=O) groups excluding carboxylic acids is 1. The topological polar surface area (TPSA) is 98.5 Å². The predicted molar refractivity (Wildman–Crippen MR) is 68.4 cm³/mol. The van der Waals surface area contributed by atoms with E-state index in [1.54, 1.807) is 0 Å². The molecule has 18 heavy (non-hydrogen) atoms. The summed E-state index contributed by atoms with van der Waals surface area (Å²) in [5.74, 6) is 0.285. The average molecular weight is 278 g/mol. The quantitative estimate of drug-likeness (QED) is 0.610. The number of nitrogens with one attached hydrogen (secondary N) is 1. The maximum Gasteiger partial charge on any atom is 0.220 e. The molecule has 0 radical (unpaired) electrons. The van der Waals surface area contributed by atoms with Crippen molar-refractivity contribution in [2.75, 3.05) is 18.9 Å². The standard InChI is InChI=1S/C11H22N2O4S/c1-2-17-10-6-9(7-10)8-11(14)13-4-3-5-18(12,15)16/h9-10H,2-8H2,1H3,(H,13,14)(H2,12,15,16). The Balaban J connectivity index is 2.02. The molecule has 0 aromatic rings. The van der Waals surface area contributed by atoms with Crippen LogP contribution in [0.4, 0.5) is 0 Å². The molecular formula is C11H22N2O4S. The molecule has 7 heteroatoms. The molecule has 1 aliphatic rings. The van der Waals surface area contributed by atoms with Crippen LogP contribution >= 0.6 is 0 Å². The highest BCUT2D eigenvalue weighted by molar-refractivity contribution is 7.89. The summed E-state index contributed by atoms with van der Waals surface area (Å²) < 4.78 is 26.7. The van der Waals surface area contributed by atoms with Crippen LogP contribution in [-0.4, -0.2) is 39.3 Å². The van der Waals surface area contributed by atoms with Gasteiger partial charge in [-0.1, -0.05) is 0 Å². The predicted octanol–water partition coefficient (Wildman–Crippen LogP) is -0.0136. The molecule has 1 fully saturated rings. The minimum absolute atomic E-state index is 0.0237. The zero-order valence-corrected chi connectivity index (χ0v) is 11.5. The van der Waals surface area contributed by atoms with Gasteiger partial charge < -0.3 is 10.1 Å². The van der Waals surface area contributed by atoms with E-state index in [2.05, 4.69) is 5.32 Å². The van der Waals surface area contributed by atoms with E-state index in [0.717, 1.165) is 19.4 Å². The monoisotopic (exact) mass is 278 g/mol. The Morgan fingerprint density at radius 3 is 2.67 bits per heavy atom. The molecule has 0 saturated heterocycles. The summed E-state index contributed by atoms with van der Waals surface area (Å²) in [6, 6.07) is 0. The second-order valence-electron chi connectivity index (χ2n) is 4.69. The van der Waals surface area contributed by atoms with Gasteiger partial charge in [-0.25, -0.2) is 13.6 Å². The lowest BCUT2D eigenvalue weighted by Crippen LogP contribution is -2.36. The first-order chi connectivity index (χ1) is 8.40. The third kappa shape index (κ3) is 6.32. The van der Waals surface area contributed by atoms with Crippen molar-refractivity contribution in [2.24, 2.45) is 11.1 Å². The lowest BCUT2D eigenvalue weighted by Gasteiger charge is -2.34. The van der Waals surface area contributed by atoms with E-state index in [9.17, 15) is 13.2 Å². The van der Waals surface area contributed by atoms with Crippen LogP contribution in [0, 0.1) is 5.92 Å². The zero-order chi connectivity index (χ0) is 13.6. The van der Waals surface area contributed by atoms with Gasteiger partial charge in [-0.2, -0.15) is 0 Å². The molecule has 6 nitrogen and oxygen atoms in total. The fourth-order valence-corrected chi connectivity index (χ4v) is 2.60. The van der Waals surface area contributed by atoms with Gasteiger partial charge in [-0.3, -0.25) is 4.79 Å². The Morgan fingerprint density at radius 2 is 2.11 bits per heavy atom. The minimum atomic E-state index is -3.42. The Morgan fingerprint density at radius 1 is 1.44 bits per heavy atom. The Hall–Kier alpha value is -0.660. The van der Waals surface area contributed by atoms with E-state index < -0.39 is 10.0 Å². The second kappa shape index (κ2) is 7.06. The Labute approximate surface area is 108 Å². The van der Waals surface area contributed by atoms with Gasteiger partial charge in [0.1, 0.15) is 0 Å². The van der Waals surface area contributed by atoms with Gasteiger partial charge in [0, 0.05) is 19.6 Å². The summed E-state index contributed by atoms with van der Waals surface area (Å²) in [6.07, 6.45) is 3.06. The van der Waals surface area contributed by atoms with Gasteiger partial charge in [-0.15, -0.1) is 0 Å². The van der Waals surface area contributed by atoms with E-state index in [4.69, 9.17) is 9.88 Å². The largest absolute Gasteiger partial charge is 0.378 e. The molecule has 0 spiro atoms. The number of hydrogen-bond acceptors (Lipinski definition) is 4. The normalized spacial score (nSPS) is 23.4. The lowest BCUT2D eigenvalue weighted by molar-refractivity contribution is -0.124. The molecular weight excluding hydrogens is 256 g/mol. The summed E-state index contributed by atoms with van der Waals surface area (Å²) in [7, 11) is -3.42. The second-order valence-corrected chi connectivity index (χ2v) is 6.42. The molecule has 0 heterocycles. The first-order valence-electron chi connectivity index (χ1n) is 6.29. The van der Waals surface area contributed by atoms with E-state index in [1.165, 1.54) is 0 Å². The van der Waals surface area contributed by atoms with Crippen LogP contribution in [0.3, 0.4) is 0 Å².